The molecule has 0 unspecified atom stereocenters. The molecule has 0 amide bonds. The van der Waals surface area contributed by atoms with Gasteiger partial charge in [0.15, 0.2) is 0 Å². The lowest BCUT2D eigenvalue weighted by atomic mass is 10.1. The smallest absolute Gasteiger partial charge is 0.123 e. The first-order chi connectivity index (χ1) is 5.86. The average molecular weight is 163 g/mol. The van der Waals surface area contributed by atoms with Crippen molar-refractivity contribution in [3.8, 4) is 6.57 Å². The Balaban J connectivity index is 0.000000336. The molecular weight excluding hydrogens is 153 g/mol. The van der Waals surface area contributed by atoms with E-state index in [1.807, 2.05) is 12.1 Å². The zero-order valence-electron chi connectivity index (χ0n) is 6.70. The molecule has 0 heterocycles. The van der Waals surface area contributed by atoms with Gasteiger partial charge in [-0.15, -0.1) is 0 Å². The van der Waals surface area contributed by atoms with Crippen LogP contribution in [0.3, 0.4) is 0 Å². The number of nitrogens with zero attached hydrogens (tertiary/aromatic N) is 1. The topological polar surface area (TPSA) is 23.8 Å². The monoisotopic (exact) mass is 163 g/mol. The molecule has 1 aliphatic rings. The summed E-state index contributed by atoms with van der Waals surface area (Å²) in [5.74, 6) is 0.602. The average Bonchev–Trinajstić information content (AvgIpc) is 2.93. The van der Waals surface area contributed by atoms with E-state index in [1.54, 1.807) is 0 Å². The van der Waals surface area contributed by atoms with Gasteiger partial charge in [-0.25, -0.2) is 9.65 Å². The molecule has 1 aliphatic carbocycles. The van der Waals surface area contributed by atoms with Gasteiger partial charge in [0.2, 0.25) is 0 Å². The summed E-state index contributed by atoms with van der Waals surface area (Å²) < 4.78 is 12.4. The Labute approximate surface area is 71.4 Å². The molecule has 0 saturated heterocycles. The van der Waals surface area contributed by atoms with Crippen LogP contribution in [0.2, 0.25) is 0 Å². The van der Waals surface area contributed by atoms with E-state index >= 15 is 0 Å². The quantitative estimate of drug-likeness (QED) is 0.624. The second kappa shape index (κ2) is 3.87. The molecule has 1 fully saturated rings. The molecule has 1 aromatic carbocycles. The first kappa shape index (κ1) is 8.73. The highest BCUT2D eigenvalue weighted by Gasteiger charge is 2.22. The number of benzene rings is 1. The van der Waals surface area contributed by atoms with Gasteiger partial charge < -0.3 is 0 Å². The second-order valence-corrected chi connectivity index (χ2v) is 2.83. The normalized spacial score (nSPS) is 14.6. The van der Waals surface area contributed by atoms with Crippen molar-refractivity contribution in [1.29, 1.82) is 5.26 Å². The minimum atomic E-state index is -0.135. The van der Waals surface area contributed by atoms with E-state index in [4.69, 9.17) is 5.26 Å². The van der Waals surface area contributed by atoms with E-state index in [0.717, 1.165) is 5.92 Å². The zero-order chi connectivity index (χ0) is 8.97. The first-order valence-corrected chi connectivity index (χ1v) is 3.87. The summed E-state index contributed by atoms with van der Waals surface area (Å²) in [5, 5.41) is 6.50. The lowest BCUT2D eigenvalue weighted by Gasteiger charge is -1.94. The van der Waals surface area contributed by atoms with Crippen LogP contribution in [-0.2, 0) is 0 Å². The highest BCUT2D eigenvalue weighted by molar-refractivity contribution is 5.23. The lowest BCUT2D eigenvalue weighted by Crippen LogP contribution is -1.78. The number of rotatable bonds is 1. The summed E-state index contributed by atoms with van der Waals surface area (Å²) in [4.78, 5) is 0. The molecule has 0 bridgehead atoms. The van der Waals surface area contributed by atoms with Crippen LogP contribution in [0.5, 0.6) is 0 Å². The van der Waals surface area contributed by atoms with Crippen molar-refractivity contribution >= 4 is 0 Å². The third-order valence-corrected chi connectivity index (χ3v) is 1.92. The van der Waals surface area contributed by atoms with Gasteiger partial charge in [0.25, 0.3) is 0 Å². The van der Waals surface area contributed by atoms with E-state index in [9.17, 15) is 4.39 Å². The fraction of sp³-hybridized carbons (Fsp3) is 0.300. The van der Waals surface area contributed by atoms with Crippen LogP contribution in [0.1, 0.15) is 24.3 Å². The first-order valence-electron chi connectivity index (χ1n) is 3.87. The Morgan fingerprint density at radius 1 is 1.17 bits per heavy atom. The third-order valence-electron chi connectivity index (χ3n) is 1.92. The minimum absolute atomic E-state index is 0.135. The van der Waals surface area contributed by atoms with Crippen LogP contribution in [-0.4, -0.2) is 0 Å². The molecular formula is C10H10FN. The van der Waals surface area contributed by atoms with Crippen LogP contribution >= 0.6 is 0 Å². The Morgan fingerprint density at radius 2 is 1.67 bits per heavy atom. The van der Waals surface area contributed by atoms with Crippen LogP contribution < -0.4 is 0 Å². The molecule has 1 aromatic rings. The van der Waals surface area contributed by atoms with Crippen molar-refractivity contribution in [2.75, 3.05) is 0 Å². The number of halogens is 1. The van der Waals surface area contributed by atoms with Crippen molar-refractivity contribution < 1.29 is 4.39 Å². The van der Waals surface area contributed by atoms with Gasteiger partial charge in [-0.3, -0.25) is 0 Å². The summed E-state index contributed by atoms with van der Waals surface area (Å²) in [7, 11) is 0. The number of hydrogen-bond acceptors (Lipinski definition) is 1. The van der Waals surface area contributed by atoms with E-state index in [1.165, 1.54) is 30.5 Å². The van der Waals surface area contributed by atoms with Crippen LogP contribution in [0.25, 0.3) is 0 Å². The summed E-state index contributed by atoms with van der Waals surface area (Å²) in [6.07, 6.45) is 2.57. The van der Waals surface area contributed by atoms with Crippen molar-refractivity contribution in [1.82, 2.24) is 0 Å². The maximum absolute atomic E-state index is 12.4. The maximum Gasteiger partial charge on any atom is 0.123 e. The molecule has 2 rings (SSSR count). The van der Waals surface area contributed by atoms with Crippen molar-refractivity contribution in [3.05, 3.63) is 35.6 Å². The second-order valence-electron chi connectivity index (χ2n) is 2.83. The Bertz CT molecular complexity index is 259. The van der Waals surface area contributed by atoms with Gasteiger partial charge in [0.1, 0.15) is 5.82 Å². The summed E-state index contributed by atoms with van der Waals surface area (Å²) >= 11 is 0. The number of hydrogen-bond donors (Lipinski definition) is 0. The molecule has 0 radical (unpaired) electrons. The third kappa shape index (κ3) is 2.06. The van der Waals surface area contributed by atoms with Crippen LogP contribution in [0, 0.1) is 17.7 Å². The van der Waals surface area contributed by atoms with Gasteiger partial charge >= 0.3 is 0 Å². The van der Waals surface area contributed by atoms with Crippen LogP contribution in [0.4, 0.5) is 4.39 Å². The Kier molecular flexibility index (Phi) is 2.82. The Morgan fingerprint density at radius 3 is 2.08 bits per heavy atom. The van der Waals surface area contributed by atoms with Gasteiger partial charge in [-0.2, -0.15) is 0 Å². The number of nitriles is 1. The fourth-order valence-corrected chi connectivity index (χ4v) is 1.15. The predicted octanol–water partition coefficient (Wildman–Crippen LogP) is 2.84. The molecule has 0 aliphatic heterocycles. The van der Waals surface area contributed by atoms with Gasteiger partial charge in [0, 0.05) is 6.57 Å². The minimum Gasteiger partial charge on any atom is -0.207 e. The predicted molar refractivity (Wildman–Crippen MR) is 45.0 cm³/mol. The molecule has 12 heavy (non-hydrogen) atoms. The van der Waals surface area contributed by atoms with Crippen LogP contribution in [0.15, 0.2) is 24.3 Å². The highest BCUT2D eigenvalue weighted by atomic mass is 19.1. The Hall–Kier alpha value is -1.36. The molecule has 0 spiro atoms. The van der Waals surface area contributed by atoms with E-state index in [2.05, 4.69) is 6.57 Å². The fourth-order valence-electron chi connectivity index (χ4n) is 1.15. The zero-order valence-corrected chi connectivity index (χ0v) is 6.70. The largest absolute Gasteiger partial charge is 0.207 e. The van der Waals surface area contributed by atoms with Gasteiger partial charge in [-0.05, 0) is 36.5 Å². The van der Waals surface area contributed by atoms with Gasteiger partial charge in [0.05, 0.1) is 0 Å². The molecule has 0 atom stereocenters. The molecule has 0 N–H and O–H groups in total. The molecule has 0 aromatic heterocycles. The summed E-state index contributed by atoms with van der Waals surface area (Å²) in [6, 6.07) is 6.83. The SMILES string of the molecule is C#N.Fc1ccc(C2CC2)cc1. The van der Waals surface area contributed by atoms with Crippen molar-refractivity contribution in [2.24, 2.45) is 0 Å². The highest BCUT2D eigenvalue weighted by Crippen LogP contribution is 2.39. The van der Waals surface area contributed by atoms with Gasteiger partial charge in [-0.1, -0.05) is 12.1 Å². The molecule has 2 heteroatoms. The lowest BCUT2D eigenvalue weighted by molar-refractivity contribution is 0.627. The molecule has 1 nitrogen and oxygen atoms in total. The molecule has 62 valence electrons. The maximum atomic E-state index is 12.4. The molecule has 1 saturated carbocycles. The van der Waals surface area contributed by atoms with E-state index in [0.29, 0.717) is 0 Å². The van der Waals surface area contributed by atoms with E-state index in [-0.39, 0.29) is 5.82 Å². The summed E-state index contributed by atoms with van der Waals surface area (Å²) in [6.45, 7) is 3.50. The standard InChI is InChI=1S/C9H9F.CHN/c10-9-5-3-8(4-6-9)7-1-2-7;1-2/h3-7H,1-2H2;1H. The van der Waals surface area contributed by atoms with E-state index < -0.39 is 0 Å². The van der Waals surface area contributed by atoms with Crippen molar-refractivity contribution in [2.45, 2.75) is 18.8 Å². The van der Waals surface area contributed by atoms with Crippen molar-refractivity contribution in [3.63, 3.8) is 0 Å². The summed E-state index contributed by atoms with van der Waals surface area (Å²) in [5.41, 5.74) is 1.29.